The summed E-state index contributed by atoms with van der Waals surface area (Å²) in [5.41, 5.74) is 21.6. The Kier molecular flexibility index (Phi) is 44.4. The average molecular weight is 1830 g/mol. The van der Waals surface area contributed by atoms with Crippen molar-refractivity contribution in [3.05, 3.63) is 231 Å². The second-order valence-corrected chi connectivity index (χ2v) is 39.6. The standard InChI is InChI=1S/2C46H60O4.3C4H10O.2Mo.4O/c2*1-43(2,3)35-19-27-15-31-23-37(45(7,8)9)25-33(41(31)49-13)17-29-21-36(44(4,5)6)22-30(40(29)48)18-34-26-38(46(10,11)12)24-32(42(34)50-14)16-28(20-35)39(27)47;3*1-3-5-4-2;;;;;;/h2*19-26,47-48H,15-18H2,1-14H3;3*3-4H2,1-2H3;;;;;;/q;;;;;;;4*-2/p-4. The summed E-state index contributed by atoms with van der Waals surface area (Å²) in [4.78, 5) is 0. The molecule has 17 heteroatoms. The molecule has 10 rings (SSSR count). The van der Waals surface area contributed by atoms with Gasteiger partial charge in [0.15, 0.2) is 0 Å². The van der Waals surface area contributed by atoms with Gasteiger partial charge < -0.3 is 75.5 Å². The number of hydrogen-bond donors (Lipinski definition) is 0. The fourth-order valence-electron chi connectivity index (χ4n) is 14.9. The van der Waals surface area contributed by atoms with Crippen LogP contribution in [0.5, 0.6) is 46.0 Å². The molecule has 0 N–H and O–H groups in total. The van der Waals surface area contributed by atoms with E-state index in [9.17, 15) is 20.4 Å². The van der Waals surface area contributed by atoms with Crippen LogP contribution in [0.4, 0.5) is 0 Å². The van der Waals surface area contributed by atoms with E-state index in [0.717, 1.165) is 196 Å². The Morgan fingerprint density at radius 3 is 0.355 bits per heavy atom. The van der Waals surface area contributed by atoms with E-state index in [1.165, 1.54) is 0 Å². The molecule has 0 saturated heterocycles. The van der Waals surface area contributed by atoms with Crippen LogP contribution in [-0.4, -0.2) is 68.1 Å². The van der Waals surface area contributed by atoms with Crippen molar-refractivity contribution in [1.82, 2.24) is 0 Å². The first-order chi connectivity index (χ1) is 53.3. The molecule has 0 aromatic heterocycles. The van der Waals surface area contributed by atoms with Gasteiger partial charge in [-0.25, -0.2) is 0 Å². The molecule has 15 nitrogen and oxygen atoms in total. The maximum absolute atomic E-state index is 14.6. The Hall–Kier alpha value is -6.74. The molecule has 8 aromatic carbocycles. The van der Waals surface area contributed by atoms with Crippen molar-refractivity contribution in [3.8, 4) is 46.0 Å². The molecule has 0 fully saturated rings. The summed E-state index contributed by atoms with van der Waals surface area (Å²) in [5.74, 6) is 3.21. The van der Waals surface area contributed by atoms with Gasteiger partial charge in [-0.15, -0.1) is 23.0 Å². The molecule has 0 amide bonds. The Labute approximate surface area is 759 Å². The number of benzene rings is 8. The largest absolute Gasteiger partial charge is 2.00 e. The Morgan fingerprint density at radius 2 is 0.289 bits per heavy atom. The van der Waals surface area contributed by atoms with E-state index in [4.69, 9.17) is 33.2 Å². The Balaban J connectivity index is 0.00000195. The summed E-state index contributed by atoms with van der Waals surface area (Å²) in [6.45, 7) is 69.8. The van der Waals surface area contributed by atoms with Crippen molar-refractivity contribution in [1.29, 1.82) is 0 Å². The second kappa shape index (κ2) is 47.0. The van der Waals surface area contributed by atoms with Crippen LogP contribution in [0.15, 0.2) is 97.1 Å². The first-order valence-corrected chi connectivity index (χ1v) is 42.1. The Bertz CT molecular complexity index is 3830. The summed E-state index contributed by atoms with van der Waals surface area (Å²) >= 11 is 0. The SMILES string of the molecule is CCOCC.CCOCC.CCOCC.COc1c2cc(C(C)(C)C)cc1Cc1cc(C(C)(C)C)cc(c1[O-])Cc1cc(C(C)(C)C)cc(c1OC)Cc1cc(C(C)(C)C)cc(c1[O-])C2.COc1c2cc(C(C)(C)C)cc1Cc1cc(C(C)(C)C)cc(c1[O-])Cc1cc(C(C)(C)C)cc(c1OC)Cc1cc(C(C)(C)C)cc(c1[O-])C2.[Mo].[Mo].[O-2].[O-2].[O-2].[O-2]. The summed E-state index contributed by atoms with van der Waals surface area (Å²) in [6, 6.07) is 34.4. The maximum Gasteiger partial charge on any atom is 0.125 e. The summed E-state index contributed by atoms with van der Waals surface area (Å²) < 4.78 is 39.3. The molecule has 2 aliphatic carbocycles. The van der Waals surface area contributed by atoms with Crippen LogP contribution in [0.1, 0.15) is 341 Å². The van der Waals surface area contributed by atoms with E-state index >= 15 is 0 Å². The van der Waals surface area contributed by atoms with Gasteiger partial charge in [0.05, 0.1) is 28.4 Å². The first kappa shape index (κ1) is 114. The van der Waals surface area contributed by atoms with Crippen LogP contribution in [0.3, 0.4) is 0 Å². The zero-order chi connectivity index (χ0) is 86.6. The summed E-state index contributed by atoms with van der Waals surface area (Å²) in [5, 5.41) is 58.3. The number of ether oxygens (including phenoxy) is 7. The smallest absolute Gasteiger partial charge is 0.125 e. The van der Waals surface area contributed by atoms with E-state index in [1.54, 1.807) is 28.4 Å². The van der Waals surface area contributed by atoms with Crippen molar-refractivity contribution in [3.63, 3.8) is 0 Å². The van der Waals surface area contributed by atoms with Crippen LogP contribution < -0.4 is 39.4 Å². The third-order valence-electron chi connectivity index (χ3n) is 22.0. The predicted molar refractivity (Wildman–Crippen MR) is 477 cm³/mol. The van der Waals surface area contributed by atoms with Gasteiger partial charge >= 0.3 is 0 Å². The van der Waals surface area contributed by atoms with Gasteiger partial charge in [-0.1, -0.05) is 308 Å². The monoisotopic (exact) mass is 1830 g/mol. The van der Waals surface area contributed by atoms with Crippen LogP contribution in [0.25, 0.3) is 0 Å². The van der Waals surface area contributed by atoms with E-state index in [2.05, 4.69) is 263 Å². The number of methoxy groups -OCH3 is 4. The van der Waals surface area contributed by atoms with Gasteiger partial charge in [0.25, 0.3) is 0 Å². The van der Waals surface area contributed by atoms with E-state index in [1.807, 2.05) is 41.5 Å². The van der Waals surface area contributed by atoms with Gasteiger partial charge in [0, 0.05) is 133 Å². The van der Waals surface area contributed by atoms with Crippen LogP contribution >= 0.6 is 0 Å². The first-order valence-electron chi connectivity index (χ1n) is 42.1. The molecular formula is C104H146Mo2O15-12. The topological polar surface area (TPSA) is 271 Å². The van der Waals surface area contributed by atoms with Crippen LogP contribution in [0.2, 0.25) is 0 Å². The molecule has 2 aliphatic rings. The summed E-state index contributed by atoms with van der Waals surface area (Å²) in [6.07, 6.45) is 3.43. The minimum Gasteiger partial charge on any atom is -2.00 e. The third kappa shape index (κ3) is 30.3. The van der Waals surface area contributed by atoms with Gasteiger partial charge in [0.2, 0.25) is 0 Å². The van der Waals surface area contributed by atoms with E-state index in [0.29, 0.717) is 51.4 Å². The molecule has 0 spiro atoms. The Morgan fingerprint density at radius 1 is 0.198 bits per heavy atom. The number of hydrogen-bond acceptors (Lipinski definition) is 11. The molecule has 121 heavy (non-hydrogen) atoms. The zero-order valence-corrected chi connectivity index (χ0v) is 84.1. The maximum atomic E-state index is 14.6. The fraction of sp³-hybridized carbons (Fsp3) is 0.538. The van der Waals surface area contributed by atoms with Crippen molar-refractivity contribution < 1.29 is 118 Å². The minimum absolute atomic E-state index is 0. The number of fused-ring (bicyclic) bond motifs is 16. The van der Waals surface area contributed by atoms with Crippen molar-refractivity contribution in [2.75, 3.05) is 68.1 Å². The fourth-order valence-corrected chi connectivity index (χ4v) is 14.9. The molecule has 0 atom stereocenters. The van der Waals surface area contributed by atoms with Crippen molar-refractivity contribution >= 4 is 0 Å². The van der Waals surface area contributed by atoms with Crippen molar-refractivity contribution in [2.24, 2.45) is 0 Å². The van der Waals surface area contributed by atoms with Crippen LogP contribution in [0, 0.1) is 0 Å². The quantitative estimate of drug-likeness (QED) is 0.116. The van der Waals surface area contributed by atoms with Gasteiger partial charge in [-0.2, -0.15) is 0 Å². The van der Waals surface area contributed by atoms with E-state index < -0.39 is 0 Å². The minimum atomic E-state index is -0.166. The predicted octanol–water partition coefficient (Wildman–Crippen LogP) is 22.1. The molecule has 16 bridgehead atoms. The van der Waals surface area contributed by atoms with Crippen molar-refractivity contribution in [2.45, 2.75) is 302 Å². The van der Waals surface area contributed by atoms with Gasteiger partial charge in [-0.3, -0.25) is 0 Å². The molecule has 0 saturated carbocycles. The third-order valence-corrected chi connectivity index (χ3v) is 22.0. The molecule has 0 radical (unpaired) electrons. The molecule has 676 valence electrons. The summed E-state index contributed by atoms with van der Waals surface area (Å²) in [7, 11) is 6.81. The second-order valence-electron chi connectivity index (χ2n) is 39.6. The van der Waals surface area contributed by atoms with E-state index in [-0.39, 0.29) is 130 Å². The number of rotatable bonds is 10. The van der Waals surface area contributed by atoms with Crippen LogP contribution in [-0.2, 0) is 173 Å². The molecule has 8 aromatic rings. The van der Waals surface area contributed by atoms with Gasteiger partial charge in [0.1, 0.15) is 23.0 Å². The molecule has 0 heterocycles. The molecule has 0 unspecified atom stereocenters. The molecule has 0 aliphatic heterocycles. The normalized spacial score (nSPS) is 12.6. The average Bonchev–Trinajstić information content (AvgIpc) is 0.765. The van der Waals surface area contributed by atoms with Gasteiger partial charge in [-0.05, 0) is 174 Å². The molecular weight excluding hydrogens is 1680 g/mol. The zero-order valence-electron chi connectivity index (χ0n) is 80.1.